The van der Waals surface area contributed by atoms with Gasteiger partial charge in [0.25, 0.3) is 0 Å². The Balaban J connectivity index is 2.09. The number of benzene rings is 2. The molecule has 3 aromatic rings. The molecule has 3 rings (SSSR count). The third-order valence-electron chi connectivity index (χ3n) is 3.36. The van der Waals surface area contributed by atoms with Gasteiger partial charge in [-0.2, -0.15) is 0 Å². The molecule has 0 unspecified atom stereocenters. The van der Waals surface area contributed by atoms with Crippen molar-refractivity contribution in [1.82, 2.24) is 4.98 Å². The first-order chi connectivity index (χ1) is 10.2. The van der Waals surface area contributed by atoms with E-state index < -0.39 is 0 Å². The van der Waals surface area contributed by atoms with E-state index in [9.17, 15) is 4.39 Å². The largest absolute Gasteiger partial charge is 0.493 e. The van der Waals surface area contributed by atoms with E-state index in [-0.39, 0.29) is 5.82 Å². The zero-order valence-corrected chi connectivity index (χ0v) is 11.8. The van der Waals surface area contributed by atoms with Crippen molar-refractivity contribution < 1.29 is 13.9 Å². The highest BCUT2D eigenvalue weighted by Gasteiger charge is 2.07. The maximum atomic E-state index is 13.2. The van der Waals surface area contributed by atoms with E-state index in [1.165, 1.54) is 12.1 Å². The van der Waals surface area contributed by atoms with Crippen LogP contribution in [0.3, 0.4) is 0 Å². The monoisotopic (exact) mass is 283 g/mol. The van der Waals surface area contributed by atoms with Crippen molar-refractivity contribution in [2.75, 3.05) is 14.2 Å². The van der Waals surface area contributed by atoms with Crippen LogP contribution in [-0.4, -0.2) is 19.2 Å². The van der Waals surface area contributed by atoms with Crippen molar-refractivity contribution in [3.8, 4) is 22.6 Å². The van der Waals surface area contributed by atoms with Gasteiger partial charge >= 0.3 is 0 Å². The van der Waals surface area contributed by atoms with Gasteiger partial charge in [0.05, 0.1) is 19.7 Å². The summed E-state index contributed by atoms with van der Waals surface area (Å²) in [5.41, 5.74) is 2.54. The lowest BCUT2D eigenvalue weighted by molar-refractivity contribution is 0.355. The van der Waals surface area contributed by atoms with Crippen LogP contribution >= 0.6 is 0 Å². The average Bonchev–Trinajstić information content (AvgIpc) is 2.53. The van der Waals surface area contributed by atoms with E-state index in [4.69, 9.17) is 9.47 Å². The van der Waals surface area contributed by atoms with E-state index in [2.05, 4.69) is 4.98 Å². The molecule has 0 radical (unpaired) electrons. The third kappa shape index (κ3) is 2.52. The van der Waals surface area contributed by atoms with Crippen molar-refractivity contribution in [1.29, 1.82) is 0 Å². The first kappa shape index (κ1) is 13.4. The zero-order valence-electron chi connectivity index (χ0n) is 11.8. The molecule has 0 atom stereocenters. The molecule has 2 aromatic carbocycles. The van der Waals surface area contributed by atoms with Gasteiger partial charge in [-0.15, -0.1) is 0 Å². The minimum Gasteiger partial charge on any atom is -0.493 e. The second-order valence-electron chi connectivity index (χ2n) is 4.63. The summed E-state index contributed by atoms with van der Waals surface area (Å²) >= 11 is 0. The quantitative estimate of drug-likeness (QED) is 0.726. The summed E-state index contributed by atoms with van der Waals surface area (Å²) in [6, 6.07) is 12.2. The van der Waals surface area contributed by atoms with E-state index in [1.54, 1.807) is 26.5 Å². The Hall–Kier alpha value is -2.62. The van der Waals surface area contributed by atoms with Gasteiger partial charge in [0.15, 0.2) is 11.5 Å². The molecule has 0 bridgehead atoms. The van der Waals surface area contributed by atoms with Crippen LogP contribution in [0.1, 0.15) is 0 Å². The number of nitrogens with zero attached hydrogens (tertiary/aromatic N) is 1. The molecule has 0 aliphatic rings. The lowest BCUT2D eigenvalue weighted by Crippen LogP contribution is -1.91. The average molecular weight is 283 g/mol. The lowest BCUT2D eigenvalue weighted by atomic mass is 10.0. The Kier molecular flexibility index (Phi) is 3.44. The Morgan fingerprint density at radius 2 is 1.67 bits per heavy atom. The SMILES string of the molecule is COc1ccc(-c2cnc3cc(F)ccc3c2)cc1OC. The van der Waals surface area contributed by atoms with E-state index >= 15 is 0 Å². The number of hydrogen-bond acceptors (Lipinski definition) is 3. The molecule has 1 heterocycles. The molecule has 1 aromatic heterocycles. The Labute approximate surface area is 122 Å². The van der Waals surface area contributed by atoms with Gasteiger partial charge in [-0.05, 0) is 35.9 Å². The number of fused-ring (bicyclic) bond motifs is 1. The molecule has 0 aliphatic carbocycles. The maximum absolute atomic E-state index is 13.2. The summed E-state index contributed by atoms with van der Waals surface area (Å²) in [4.78, 5) is 4.30. The van der Waals surface area contributed by atoms with E-state index in [0.29, 0.717) is 17.0 Å². The molecule has 0 spiro atoms. The minimum atomic E-state index is -0.283. The number of pyridine rings is 1. The van der Waals surface area contributed by atoms with Crippen LogP contribution in [0.15, 0.2) is 48.7 Å². The number of methoxy groups -OCH3 is 2. The Bertz CT molecular complexity index is 802. The van der Waals surface area contributed by atoms with E-state index in [1.807, 2.05) is 24.3 Å². The van der Waals surface area contributed by atoms with Crippen molar-refractivity contribution >= 4 is 10.9 Å². The summed E-state index contributed by atoms with van der Waals surface area (Å²) in [5, 5.41) is 0.892. The number of ether oxygens (including phenoxy) is 2. The standard InChI is InChI=1S/C17H14FNO2/c1-20-16-6-4-11(8-17(16)21-2)13-7-12-3-5-14(18)9-15(12)19-10-13/h3-10H,1-2H3. The van der Waals surface area contributed by atoms with Crippen molar-refractivity contribution in [2.24, 2.45) is 0 Å². The normalized spacial score (nSPS) is 10.6. The van der Waals surface area contributed by atoms with Gasteiger partial charge in [0.1, 0.15) is 5.82 Å². The highest BCUT2D eigenvalue weighted by Crippen LogP contribution is 2.32. The van der Waals surface area contributed by atoms with Crippen LogP contribution in [-0.2, 0) is 0 Å². The van der Waals surface area contributed by atoms with Gasteiger partial charge in [-0.3, -0.25) is 4.98 Å². The Morgan fingerprint density at radius 3 is 2.43 bits per heavy atom. The third-order valence-corrected chi connectivity index (χ3v) is 3.36. The fourth-order valence-electron chi connectivity index (χ4n) is 2.27. The number of hydrogen-bond donors (Lipinski definition) is 0. The van der Waals surface area contributed by atoms with Gasteiger partial charge < -0.3 is 9.47 Å². The molecule has 0 saturated heterocycles. The summed E-state index contributed by atoms with van der Waals surface area (Å²) in [5.74, 6) is 1.06. The second kappa shape index (κ2) is 5.40. The van der Waals surface area contributed by atoms with Gasteiger partial charge in [-0.25, -0.2) is 4.39 Å². The Morgan fingerprint density at radius 1 is 0.857 bits per heavy atom. The van der Waals surface area contributed by atoms with Crippen LogP contribution in [0.5, 0.6) is 11.5 Å². The van der Waals surface area contributed by atoms with Crippen LogP contribution in [0.4, 0.5) is 4.39 Å². The van der Waals surface area contributed by atoms with Crippen LogP contribution < -0.4 is 9.47 Å². The molecule has 21 heavy (non-hydrogen) atoms. The fourth-order valence-corrected chi connectivity index (χ4v) is 2.27. The molecular formula is C17H14FNO2. The van der Waals surface area contributed by atoms with Gasteiger partial charge in [0.2, 0.25) is 0 Å². The molecule has 0 fully saturated rings. The van der Waals surface area contributed by atoms with Crippen molar-refractivity contribution in [3.05, 3.63) is 54.5 Å². The number of rotatable bonds is 3. The smallest absolute Gasteiger partial charge is 0.161 e. The highest BCUT2D eigenvalue weighted by molar-refractivity contribution is 5.83. The highest BCUT2D eigenvalue weighted by atomic mass is 19.1. The predicted octanol–water partition coefficient (Wildman–Crippen LogP) is 4.06. The van der Waals surface area contributed by atoms with Gasteiger partial charge in [0, 0.05) is 23.2 Å². The first-order valence-corrected chi connectivity index (χ1v) is 6.49. The summed E-state index contributed by atoms with van der Waals surface area (Å²) in [7, 11) is 3.20. The fraction of sp³-hybridized carbons (Fsp3) is 0.118. The lowest BCUT2D eigenvalue weighted by Gasteiger charge is -2.10. The van der Waals surface area contributed by atoms with Crippen LogP contribution in [0, 0.1) is 5.82 Å². The molecule has 3 nitrogen and oxygen atoms in total. The van der Waals surface area contributed by atoms with Crippen LogP contribution in [0.2, 0.25) is 0 Å². The summed E-state index contributed by atoms with van der Waals surface area (Å²) < 4.78 is 23.7. The first-order valence-electron chi connectivity index (χ1n) is 6.49. The van der Waals surface area contributed by atoms with Gasteiger partial charge in [-0.1, -0.05) is 6.07 Å². The molecule has 0 amide bonds. The minimum absolute atomic E-state index is 0.283. The van der Waals surface area contributed by atoms with Crippen LogP contribution in [0.25, 0.3) is 22.0 Å². The second-order valence-corrected chi connectivity index (χ2v) is 4.63. The van der Waals surface area contributed by atoms with Crippen molar-refractivity contribution in [2.45, 2.75) is 0 Å². The van der Waals surface area contributed by atoms with E-state index in [0.717, 1.165) is 16.5 Å². The maximum Gasteiger partial charge on any atom is 0.161 e. The zero-order chi connectivity index (χ0) is 14.8. The molecular weight excluding hydrogens is 269 g/mol. The predicted molar refractivity (Wildman–Crippen MR) is 80.2 cm³/mol. The summed E-state index contributed by atoms with van der Waals surface area (Å²) in [6.07, 6.45) is 1.73. The molecule has 0 saturated carbocycles. The van der Waals surface area contributed by atoms with Crippen molar-refractivity contribution in [3.63, 3.8) is 0 Å². The number of halogens is 1. The molecule has 106 valence electrons. The summed E-state index contributed by atoms with van der Waals surface area (Å²) in [6.45, 7) is 0. The molecule has 0 aliphatic heterocycles. The molecule has 0 N–H and O–H groups in total. The topological polar surface area (TPSA) is 31.4 Å². The number of aromatic nitrogens is 1. The molecule has 4 heteroatoms.